The fourth-order valence-electron chi connectivity index (χ4n) is 1.91. The minimum absolute atomic E-state index is 0.188. The van der Waals surface area contributed by atoms with Gasteiger partial charge in [0.1, 0.15) is 0 Å². The van der Waals surface area contributed by atoms with Crippen molar-refractivity contribution in [2.45, 2.75) is 53.7 Å². The van der Waals surface area contributed by atoms with Crippen molar-refractivity contribution in [3.05, 3.63) is 0 Å². The molecule has 0 aromatic carbocycles. The molecule has 2 atom stereocenters. The number of ether oxygens (including phenoxy) is 1. The van der Waals surface area contributed by atoms with Crippen LogP contribution in [-0.2, 0) is 4.74 Å². The van der Waals surface area contributed by atoms with Crippen LogP contribution < -0.4 is 5.32 Å². The van der Waals surface area contributed by atoms with Crippen molar-refractivity contribution in [2.75, 3.05) is 13.7 Å². The summed E-state index contributed by atoms with van der Waals surface area (Å²) in [4.78, 5) is 0. The van der Waals surface area contributed by atoms with Gasteiger partial charge in [0.15, 0.2) is 0 Å². The molecule has 0 fully saturated rings. The van der Waals surface area contributed by atoms with Crippen LogP contribution in [-0.4, -0.2) is 25.8 Å². The fraction of sp³-hybridized carbons (Fsp3) is 1.00. The lowest BCUT2D eigenvalue weighted by atomic mass is 9.80. The van der Waals surface area contributed by atoms with E-state index < -0.39 is 0 Å². The molecule has 2 heteroatoms. The van der Waals surface area contributed by atoms with Gasteiger partial charge in [-0.2, -0.15) is 0 Å². The van der Waals surface area contributed by atoms with Gasteiger partial charge in [-0.1, -0.05) is 34.6 Å². The maximum absolute atomic E-state index is 5.86. The minimum atomic E-state index is 0.188. The SMILES string of the molecule is CCOC(C(NC)C(C)C)C(C)(C)C. The van der Waals surface area contributed by atoms with Crippen molar-refractivity contribution >= 4 is 0 Å². The van der Waals surface area contributed by atoms with E-state index in [0.29, 0.717) is 12.0 Å². The smallest absolute Gasteiger partial charge is 0.0778 e. The monoisotopic (exact) mass is 201 g/mol. The molecule has 0 radical (unpaired) electrons. The third kappa shape index (κ3) is 3.97. The zero-order valence-electron chi connectivity index (χ0n) is 10.8. The van der Waals surface area contributed by atoms with Crippen LogP contribution in [0.15, 0.2) is 0 Å². The Balaban J connectivity index is 4.60. The fourth-order valence-corrected chi connectivity index (χ4v) is 1.91. The summed E-state index contributed by atoms with van der Waals surface area (Å²) in [5.74, 6) is 0.593. The molecule has 0 aromatic rings. The van der Waals surface area contributed by atoms with E-state index in [4.69, 9.17) is 4.74 Å². The molecule has 0 saturated carbocycles. The first-order chi connectivity index (χ1) is 6.34. The van der Waals surface area contributed by atoms with Crippen LogP contribution >= 0.6 is 0 Å². The molecule has 0 bridgehead atoms. The summed E-state index contributed by atoms with van der Waals surface area (Å²) in [6.45, 7) is 14.0. The van der Waals surface area contributed by atoms with Gasteiger partial charge < -0.3 is 10.1 Å². The van der Waals surface area contributed by atoms with Gasteiger partial charge in [-0.05, 0) is 25.3 Å². The largest absolute Gasteiger partial charge is 0.376 e. The van der Waals surface area contributed by atoms with Gasteiger partial charge in [0.05, 0.1) is 6.10 Å². The lowest BCUT2D eigenvalue weighted by molar-refractivity contribution is -0.0439. The molecule has 14 heavy (non-hydrogen) atoms. The Hall–Kier alpha value is -0.0800. The van der Waals surface area contributed by atoms with E-state index in [2.05, 4.69) is 46.9 Å². The van der Waals surface area contributed by atoms with E-state index >= 15 is 0 Å². The number of hydrogen-bond acceptors (Lipinski definition) is 2. The second kappa shape index (κ2) is 5.72. The summed E-state index contributed by atoms with van der Waals surface area (Å²) in [7, 11) is 2.02. The molecule has 86 valence electrons. The molecule has 0 aliphatic carbocycles. The molecule has 0 aromatic heterocycles. The highest BCUT2D eigenvalue weighted by atomic mass is 16.5. The predicted octanol–water partition coefficient (Wildman–Crippen LogP) is 2.68. The molecule has 0 rings (SSSR count). The highest BCUT2D eigenvalue weighted by Gasteiger charge is 2.33. The Morgan fingerprint density at radius 3 is 1.93 bits per heavy atom. The third-order valence-corrected chi connectivity index (χ3v) is 2.58. The molecular weight excluding hydrogens is 174 g/mol. The van der Waals surface area contributed by atoms with E-state index in [-0.39, 0.29) is 11.5 Å². The Morgan fingerprint density at radius 1 is 1.21 bits per heavy atom. The zero-order chi connectivity index (χ0) is 11.4. The van der Waals surface area contributed by atoms with E-state index in [0.717, 1.165) is 6.61 Å². The van der Waals surface area contributed by atoms with E-state index in [9.17, 15) is 0 Å². The Labute approximate surface area is 89.4 Å². The van der Waals surface area contributed by atoms with Crippen molar-refractivity contribution in [3.8, 4) is 0 Å². The first kappa shape index (κ1) is 13.9. The van der Waals surface area contributed by atoms with Crippen molar-refractivity contribution in [1.82, 2.24) is 5.32 Å². The molecule has 2 nitrogen and oxygen atoms in total. The van der Waals surface area contributed by atoms with Crippen LogP contribution in [0, 0.1) is 11.3 Å². The van der Waals surface area contributed by atoms with Gasteiger partial charge in [-0.3, -0.25) is 0 Å². The molecule has 1 N–H and O–H groups in total. The lowest BCUT2D eigenvalue weighted by Gasteiger charge is -2.38. The van der Waals surface area contributed by atoms with Crippen LogP contribution in [0.4, 0.5) is 0 Å². The van der Waals surface area contributed by atoms with Gasteiger partial charge >= 0.3 is 0 Å². The summed E-state index contributed by atoms with van der Waals surface area (Å²) in [5, 5.41) is 3.37. The van der Waals surface area contributed by atoms with E-state index in [1.807, 2.05) is 7.05 Å². The van der Waals surface area contributed by atoms with Gasteiger partial charge in [-0.15, -0.1) is 0 Å². The first-order valence-corrected chi connectivity index (χ1v) is 5.63. The van der Waals surface area contributed by atoms with Crippen LogP contribution in [0.1, 0.15) is 41.5 Å². The first-order valence-electron chi connectivity index (χ1n) is 5.63. The molecular formula is C12H27NO. The summed E-state index contributed by atoms with van der Waals surface area (Å²) in [5.41, 5.74) is 0.188. The van der Waals surface area contributed by atoms with E-state index in [1.165, 1.54) is 0 Å². The summed E-state index contributed by atoms with van der Waals surface area (Å²) >= 11 is 0. The van der Waals surface area contributed by atoms with Crippen LogP contribution in [0.5, 0.6) is 0 Å². The molecule has 0 aliphatic rings. The standard InChI is InChI=1S/C12H27NO/c1-8-14-11(12(4,5)6)10(13-7)9(2)3/h9-11,13H,8H2,1-7H3. The van der Waals surface area contributed by atoms with Crippen molar-refractivity contribution < 1.29 is 4.74 Å². The summed E-state index contributed by atoms with van der Waals surface area (Å²) < 4.78 is 5.86. The number of rotatable bonds is 5. The highest BCUT2D eigenvalue weighted by molar-refractivity contribution is 4.87. The number of hydrogen-bond donors (Lipinski definition) is 1. The predicted molar refractivity (Wildman–Crippen MR) is 62.6 cm³/mol. The zero-order valence-corrected chi connectivity index (χ0v) is 10.8. The maximum atomic E-state index is 5.86. The van der Waals surface area contributed by atoms with Crippen molar-refractivity contribution in [3.63, 3.8) is 0 Å². The Morgan fingerprint density at radius 2 is 1.71 bits per heavy atom. The molecule has 0 aliphatic heterocycles. The minimum Gasteiger partial charge on any atom is -0.376 e. The van der Waals surface area contributed by atoms with Crippen LogP contribution in [0.3, 0.4) is 0 Å². The molecule has 0 heterocycles. The number of likely N-dealkylation sites (N-methyl/N-ethyl adjacent to an activating group) is 1. The van der Waals surface area contributed by atoms with Gasteiger partial charge in [0, 0.05) is 12.6 Å². The Kier molecular flexibility index (Phi) is 5.68. The molecule has 0 spiro atoms. The normalized spacial score (nSPS) is 17.1. The highest BCUT2D eigenvalue weighted by Crippen LogP contribution is 2.27. The second-order valence-electron chi connectivity index (χ2n) is 5.30. The lowest BCUT2D eigenvalue weighted by Crippen LogP contribution is -2.49. The molecule has 2 unspecified atom stereocenters. The van der Waals surface area contributed by atoms with Crippen molar-refractivity contribution in [2.24, 2.45) is 11.3 Å². The van der Waals surface area contributed by atoms with Crippen LogP contribution in [0.2, 0.25) is 0 Å². The Bertz CT molecular complexity index is 149. The quantitative estimate of drug-likeness (QED) is 0.738. The van der Waals surface area contributed by atoms with Gasteiger partial charge in [0.25, 0.3) is 0 Å². The summed E-state index contributed by atoms with van der Waals surface area (Å²) in [6, 6.07) is 0.426. The van der Waals surface area contributed by atoms with E-state index in [1.54, 1.807) is 0 Å². The van der Waals surface area contributed by atoms with Gasteiger partial charge in [-0.25, -0.2) is 0 Å². The molecule has 0 saturated heterocycles. The average molecular weight is 201 g/mol. The summed E-state index contributed by atoms with van der Waals surface area (Å²) in [6.07, 6.45) is 0.275. The van der Waals surface area contributed by atoms with Crippen LogP contribution in [0.25, 0.3) is 0 Å². The van der Waals surface area contributed by atoms with Gasteiger partial charge in [0.2, 0.25) is 0 Å². The maximum Gasteiger partial charge on any atom is 0.0778 e. The third-order valence-electron chi connectivity index (χ3n) is 2.58. The topological polar surface area (TPSA) is 21.3 Å². The van der Waals surface area contributed by atoms with Crippen molar-refractivity contribution in [1.29, 1.82) is 0 Å². The number of nitrogens with one attached hydrogen (secondary N) is 1. The molecule has 0 amide bonds. The second-order valence-corrected chi connectivity index (χ2v) is 5.30. The average Bonchev–Trinajstić information content (AvgIpc) is 2.02.